The minimum atomic E-state index is -0.253. The van der Waals surface area contributed by atoms with Gasteiger partial charge in [0.1, 0.15) is 24.0 Å². The molecule has 1 N–H and O–H groups in total. The molecule has 160 valence electrons. The Bertz CT molecular complexity index is 1420. The number of fused-ring (bicyclic) bond motifs is 1. The number of aromatic nitrogens is 5. The molecule has 0 fully saturated rings. The van der Waals surface area contributed by atoms with Crippen LogP contribution >= 0.6 is 22.7 Å². The molecule has 4 aromatic heterocycles. The first kappa shape index (κ1) is 20.3. The Balaban J connectivity index is 1.32. The second kappa shape index (κ2) is 8.85. The van der Waals surface area contributed by atoms with Crippen LogP contribution in [0.4, 0.5) is 0 Å². The van der Waals surface area contributed by atoms with E-state index in [4.69, 9.17) is 0 Å². The maximum Gasteiger partial charge on any atom is 0.263 e. The predicted octanol–water partition coefficient (Wildman–Crippen LogP) is 3.14. The first-order chi connectivity index (χ1) is 15.7. The topological polar surface area (TPSA) is 94.7 Å². The first-order valence-electron chi connectivity index (χ1n) is 9.85. The average Bonchev–Trinajstić information content (AvgIpc) is 3.57. The number of amides is 1. The zero-order valence-electron chi connectivity index (χ0n) is 16.8. The number of rotatable bonds is 7. The van der Waals surface area contributed by atoms with Crippen molar-refractivity contribution in [1.29, 1.82) is 0 Å². The summed E-state index contributed by atoms with van der Waals surface area (Å²) in [7, 11) is 0. The van der Waals surface area contributed by atoms with Crippen molar-refractivity contribution >= 4 is 38.8 Å². The predicted molar refractivity (Wildman–Crippen MR) is 125 cm³/mol. The van der Waals surface area contributed by atoms with Gasteiger partial charge in [0.2, 0.25) is 5.91 Å². The lowest BCUT2D eigenvalue weighted by molar-refractivity contribution is -0.121. The van der Waals surface area contributed by atoms with Crippen molar-refractivity contribution in [3.05, 3.63) is 87.6 Å². The number of hydrogen-bond acceptors (Lipinski definition) is 7. The Morgan fingerprint density at radius 3 is 2.72 bits per heavy atom. The first-order valence-corrected chi connectivity index (χ1v) is 11.6. The quantitative estimate of drug-likeness (QED) is 0.401. The van der Waals surface area contributed by atoms with Crippen molar-refractivity contribution in [2.45, 2.75) is 19.6 Å². The van der Waals surface area contributed by atoms with Gasteiger partial charge in [0, 0.05) is 22.4 Å². The van der Waals surface area contributed by atoms with Crippen LogP contribution in [0, 0.1) is 0 Å². The zero-order chi connectivity index (χ0) is 21.9. The van der Waals surface area contributed by atoms with E-state index in [0.29, 0.717) is 23.3 Å². The molecule has 5 rings (SSSR count). The highest BCUT2D eigenvalue weighted by atomic mass is 32.1. The van der Waals surface area contributed by atoms with Gasteiger partial charge in [-0.25, -0.2) is 14.6 Å². The molecule has 0 atom stereocenters. The van der Waals surface area contributed by atoms with Gasteiger partial charge in [-0.3, -0.25) is 14.2 Å². The smallest absolute Gasteiger partial charge is 0.263 e. The van der Waals surface area contributed by atoms with Crippen LogP contribution < -0.4 is 10.9 Å². The Hall–Kier alpha value is -3.63. The molecule has 0 aliphatic heterocycles. The fraction of sp³-hybridized carbons (Fsp3) is 0.136. The summed E-state index contributed by atoms with van der Waals surface area (Å²) in [6.07, 6.45) is 4.59. The van der Waals surface area contributed by atoms with E-state index in [-0.39, 0.29) is 18.0 Å². The highest BCUT2D eigenvalue weighted by Gasteiger charge is 2.15. The summed E-state index contributed by atoms with van der Waals surface area (Å²) in [5.41, 5.74) is 2.68. The van der Waals surface area contributed by atoms with Crippen LogP contribution in [-0.4, -0.2) is 30.2 Å². The molecule has 0 unspecified atom stereocenters. The van der Waals surface area contributed by atoms with E-state index in [1.165, 1.54) is 28.6 Å². The number of benzene rings is 1. The number of carbonyl (C=O) groups excluding carboxylic acids is 1. The lowest BCUT2D eigenvalue weighted by Crippen LogP contribution is -2.32. The van der Waals surface area contributed by atoms with E-state index < -0.39 is 0 Å². The molecule has 1 aromatic carbocycles. The summed E-state index contributed by atoms with van der Waals surface area (Å²) >= 11 is 3.01. The lowest BCUT2D eigenvalue weighted by Gasteiger charge is -2.11. The monoisotopic (exact) mass is 462 g/mol. The van der Waals surface area contributed by atoms with Crippen molar-refractivity contribution in [1.82, 2.24) is 29.6 Å². The Labute approximate surface area is 190 Å². The largest absolute Gasteiger partial charge is 0.350 e. The van der Waals surface area contributed by atoms with Crippen LogP contribution in [0.3, 0.4) is 0 Å². The van der Waals surface area contributed by atoms with Crippen LogP contribution in [0.5, 0.6) is 0 Å². The molecule has 32 heavy (non-hydrogen) atoms. The lowest BCUT2D eigenvalue weighted by atomic mass is 10.1. The second-order valence-electron chi connectivity index (χ2n) is 7.12. The Morgan fingerprint density at radius 2 is 1.94 bits per heavy atom. The molecule has 10 heteroatoms. The maximum absolute atomic E-state index is 13.1. The number of thiophene rings is 2. The average molecular weight is 463 g/mol. The number of hydrogen-bond donors (Lipinski definition) is 1. The van der Waals surface area contributed by atoms with E-state index in [9.17, 15) is 9.59 Å². The molecule has 0 bridgehead atoms. The summed E-state index contributed by atoms with van der Waals surface area (Å²) < 4.78 is 3.09. The molecule has 8 nitrogen and oxygen atoms in total. The third-order valence-corrected chi connectivity index (χ3v) is 6.84. The standard InChI is InChI=1S/C22H18N6O2S2/c29-19(24-8-15-4-1-2-5-16(15)9-28-13-23-12-26-28)10-27-14-25-21-20(22(27)30)17(11-32-21)18-6-3-7-31-18/h1-7,11-14H,8-10H2,(H,24,29). The summed E-state index contributed by atoms with van der Waals surface area (Å²) in [5, 5.41) is 11.5. The molecule has 0 aliphatic rings. The highest BCUT2D eigenvalue weighted by molar-refractivity contribution is 7.18. The van der Waals surface area contributed by atoms with Gasteiger partial charge in [-0.1, -0.05) is 30.3 Å². The van der Waals surface area contributed by atoms with Gasteiger partial charge in [0.05, 0.1) is 18.3 Å². The van der Waals surface area contributed by atoms with E-state index >= 15 is 0 Å². The summed E-state index contributed by atoms with van der Waals surface area (Å²) in [6, 6.07) is 11.8. The molecule has 5 aromatic rings. The van der Waals surface area contributed by atoms with Crippen molar-refractivity contribution < 1.29 is 4.79 Å². The molecule has 1 amide bonds. The second-order valence-corrected chi connectivity index (χ2v) is 8.93. The third-order valence-electron chi connectivity index (χ3n) is 5.05. The molecular weight excluding hydrogens is 444 g/mol. The molecule has 0 saturated carbocycles. The van der Waals surface area contributed by atoms with Crippen molar-refractivity contribution in [3.63, 3.8) is 0 Å². The van der Waals surface area contributed by atoms with Gasteiger partial charge in [-0.2, -0.15) is 5.10 Å². The SMILES string of the molecule is O=C(Cn1cnc2scc(-c3cccs3)c2c1=O)NCc1ccccc1Cn1cncn1. The number of nitrogens with zero attached hydrogens (tertiary/aromatic N) is 5. The minimum Gasteiger partial charge on any atom is -0.350 e. The van der Waals surface area contributed by atoms with Gasteiger partial charge < -0.3 is 5.32 Å². The van der Waals surface area contributed by atoms with Gasteiger partial charge in [0.25, 0.3) is 5.56 Å². The van der Waals surface area contributed by atoms with Gasteiger partial charge in [-0.05, 0) is 22.6 Å². The fourth-order valence-electron chi connectivity index (χ4n) is 3.47. The minimum absolute atomic E-state index is 0.0905. The van der Waals surface area contributed by atoms with E-state index in [0.717, 1.165) is 21.6 Å². The molecule has 0 saturated heterocycles. The van der Waals surface area contributed by atoms with Gasteiger partial charge in [-0.15, -0.1) is 22.7 Å². The van der Waals surface area contributed by atoms with Gasteiger partial charge in [0.15, 0.2) is 0 Å². The Kier molecular flexibility index (Phi) is 5.61. The molecule has 0 aliphatic carbocycles. The molecule has 0 radical (unpaired) electrons. The van der Waals surface area contributed by atoms with Gasteiger partial charge >= 0.3 is 0 Å². The van der Waals surface area contributed by atoms with Crippen LogP contribution in [0.15, 0.2) is 70.9 Å². The van der Waals surface area contributed by atoms with E-state index in [1.54, 1.807) is 22.3 Å². The molecule has 0 spiro atoms. The molecular formula is C22H18N6O2S2. The normalized spacial score (nSPS) is 11.1. The highest BCUT2D eigenvalue weighted by Crippen LogP contribution is 2.33. The van der Waals surface area contributed by atoms with Crippen molar-refractivity contribution in [2.75, 3.05) is 0 Å². The summed E-state index contributed by atoms with van der Waals surface area (Å²) in [4.78, 5) is 35.8. The summed E-state index contributed by atoms with van der Waals surface area (Å²) in [6.45, 7) is 0.829. The van der Waals surface area contributed by atoms with E-state index in [2.05, 4.69) is 20.4 Å². The van der Waals surface area contributed by atoms with Crippen LogP contribution in [-0.2, 0) is 24.4 Å². The maximum atomic E-state index is 13.1. The van der Waals surface area contributed by atoms with Crippen LogP contribution in [0.2, 0.25) is 0 Å². The van der Waals surface area contributed by atoms with Crippen LogP contribution in [0.1, 0.15) is 11.1 Å². The zero-order valence-corrected chi connectivity index (χ0v) is 18.5. The summed E-state index contributed by atoms with van der Waals surface area (Å²) in [5.74, 6) is -0.253. The molecule has 4 heterocycles. The number of nitrogens with one attached hydrogen (secondary N) is 1. The van der Waals surface area contributed by atoms with E-state index in [1.807, 2.05) is 47.2 Å². The number of carbonyl (C=O) groups is 1. The fourth-order valence-corrected chi connectivity index (χ4v) is 5.19. The Morgan fingerprint density at radius 1 is 1.06 bits per heavy atom. The van der Waals surface area contributed by atoms with Crippen LogP contribution in [0.25, 0.3) is 20.7 Å². The van der Waals surface area contributed by atoms with Crippen molar-refractivity contribution in [3.8, 4) is 10.4 Å². The van der Waals surface area contributed by atoms with Crippen molar-refractivity contribution in [2.24, 2.45) is 0 Å². The third kappa shape index (κ3) is 4.10.